The Kier molecular flexibility index (Phi) is 28.1. The van der Waals surface area contributed by atoms with Gasteiger partial charge in [0, 0.05) is 0 Å². The summed E-state index contributed by atoms with van der Waals surface area (Å²) in [6.07, 6.45) is 0. The lowest BCUT2D eigenvalue weighted by Crippen LogP contribution is -1.36. The zero-order valence-corrected chi connectivity index (χ0v) is 8.16. The first-order chi connectivity index (χ1) is 2.83. The van der Waals surface area contributed by atoms with Crippen molar-refractivity contribution in [2.24, 2.45) is 0 Å². The molecule has 38 valence electrons. The van der Waals surface area contributed by atoms with Crippen LogP contribution in [0.4, 0.5) is 0 Å². The van der Waals surface area contributed by atoms with Crippen LogP contribution < -0.4 is 0 Å². The van der Waals surface area contributed by atoms with Gasteiger partial charge >= 0.3 is 0 Å². The summed E-state index contributed by atoms with van der Waals surface area (Å²) >= 11 is 19.4. The molecule has 0 saturated carbocycles. The van der Waals surface area contributed by atoms with Crippen molar-refractivity contribution in [3.05, 3.63) is 0 Å². The van der Waals surface area contributed by atoms with E-state index in [4.69, 9.17) is 44.3 Å². The van der Waals surface area contributed by atoms with Crippen molar-refractivity contribution in [2.75, 3.05) is 0 Å². The predicted molar refractivity (Wildman–Crippen MR) is 37.7 cm³/mol. The summed E-state index contributed by atoms with van der Waals surface area (Å²) in [5.74, 6) is 0. The molecule has 6 heavy (non-hydrogen) atoms. The van der Waals surface area contributed by atoms with Gasteiger partial charge in [-0.2, -0.15) is 22.2 Å². The molecular formula is H2Cl4Si2. The average Bonchev–Trinajstić information content (AvgIpc) is 1.39. The molecule has 0 fully saturated rings. The molecule has 0 saturated heterocycles. The molecule has 0 spiro atoms. The number of rotatable bonds is 0. The Morgan fingerprint density at radius 3 is 1.17 bits per heavy atom. The second-order valence-corrected chi connectivity index (χ2v) is 4.66. The second kappa shape index (κ2) is 16.0. The van der Waals surface area contributed by atoms with Gasteiger partial charge in [-0.25, -0.2) is 0 Å². The molecule has 2 radical (unpaired) electrons. The minimum absolute atomic E-state index is 0.0278. The highest BCUT2D eigenvalue weighted by Gasteiger charge is 1.51. The molecule has 0 nitrogen and oxygen atoms in total. The van der Waals surface area contributed by atoms with Gasteiger partial charge in [-0.05, 0) is 0 Å². The van der Waals surface area contributed by atoms with Crippen molar-refractivity contribution >= 4 is 60.6 Å². The van der Waals surface area contributed by atoms with E-state index in [1.807, 2.05) is 0 Å². The van der Waals surface area contributed by atoms with Crippen LogP contribution in [0.25, 0.3) is 0 Å². The molecule has 0 unspecified atom stereocenters. The summed E-state index contributed by atoms with van der Waals surface area (Å²) < 4.78 is 0. The summed E-state index contributed by atoms with van der Waals surface area (Å²) in [5.41, 5.74) is 0. The first-order valence-electron chi connectivity index (χ1n) is 0.912. The fourth-order valence-electron chi connectivity index (χ4n) is 0. The van der Waals surface area contributed by atoms with Crippen molar-refractivity contribution < 1.29 is 0 Å². The molecule has 0 aromatic carbocycles. The van der Waals surface area contributed by atoms with Gasteiger partial charge in [-0.1, -0.05) is 0 Å². The quantitative estimate of drug-likeness (QED) is 0.410. The summed E-state index contributed by atoms with van der Waals surface area (Å²) in [5, 5.41) is 0. The van der Waals surface area contributed by atoms with Gasteiger partial charge < -0.3 is 0 Å². The summed E-state index contributed by atoms with van der Waals surface area (Å²) in [6.45, 7) is 0. The second-order valence-electron chi connectivity index (χ2n) is 0.172. The Labute approximate surface area is 60.6 Å². The van der Waals surface area contributed by atoms with Gasteiger partial charge in [-0.3, -0.25) is 0 Å². The Bertz CT molecular complexity index is 7.51. The van der Waals surface area contributed by atoms with E-state index in [0.717, 1.165) is 0 Å². The normalized spacial score (nSPS) is 6.00. The molecule has 0 aromatic heterocycles. The van der Waals surface area contributed by atoms with E-state index in [2.05, 4.69) is 0 Å². The van der Waals surface area contributed by atoms with Crippen molar-refractivity contribution in [1.29, 1.82) is 0 Å². The van der Waals surface area contributed by atoms with Crippen LogP contribution in [0.15, 0.2) is 0 Å². The Morgan fingerprint density at radius 1 is 1.17 bits per heavy atom. The third kappa shape index (κ3) is 46.5. The number of hydrogen-bond acceptors (Lipinski definition) is 0. The first-order valence-corrected chi connectivity index (χ1v) is 8.21. The van der Waals surface area contributed by atoms with Gasteiger partial charge in [0.05, 0.1) is 0 Å². The molecule has 0 N–H and O–H groups in total. The maximum Gasteiger partial charge on any atom is 0.295 e. The summed E-state index contributed by atoms with van der Waals surface area (Å²) in [7, 11) is -0.611. The van der Waals surface area contributed by atoms with E-state index in [1.165, 1.54) is 0 Å². The third-order valence-corrected chi connectivity index (χ3v) is 0. The highest BCUT2D eigenvalue weighted by molar-refractivity contribution is 7.22. The Balaban J connectivity index is 0. The van der Waals surface area contributed by atoms with Crippen LogP contribution in [0, 0.1) is 0 Å². The first kappa shape index (κ1) is 10.6. The average molecular weight is 200 g/mol. The smallest absolute Gasteiger partial charge is 0.155 e. The highest BCUT2D eigenvalue weighted by atomic mass is 35.7. The molecule has 0 heterocycles. The van der Waals surface area contributed by atoms with Crippen LogP contribution in [-0.4, -0.2) is 16.3 Å². The maximum atomic E-state index is 4.90. The molecule has 0 aliphatic heterocycles. The van der Waals surface area contributed by atoms with Gasteiger partial charge in [0.15, 0.2) is 0 Å². The number of hydrogen-bond donors (Lipinski definition) is 0. The topological polar surface area (TPSA) is 0 Å². The van der Waals surface area contributed by atoms with Gasteiger partial charge in [0.25, 0.3) is 8.14 Å². The maximum absolute atomic E-state index is 4.90. The Morgan fingerprint density at radius 2 is 1.17 bits per heavy atom. The van der Waals surface area contributed by atoms with Crippen LogP contribution in [0.1, 0.15) is 0 Å². The molecule has 0 aliphatic rings. The fourth-order valence-corrected chi connectivity index (χ4v) is 0. The minimum atomic E-state index is -0.639. The minimum Gasteiger partial charge on any atom is -0.155 e. The van der Waals surface area contributed by atoms with Crippen molar-refractivity contribution in [3.8, 4) is 0 Å². The molecule has 0 aromatic rings. The van der Waals surface area contributed by atoms with E-state index < -0.39 is 8.14 Å². The van der Waals surface area contributed by atoms with Crippen LogP contribution in [-0.2, 0) is 0 Å². The lowest BCUT2D eigenvalue weighted by molar-refractivity contribution is 4.39. The van der Waals surface area contributed by atoms with Crippen LogP contribution in [0.5, 0.6) is 0 Å². The van der Waals surface area contributed by atoms with Gasteiger partial charge in [0.1, 0.15) is 0 Å². The molecule has 0 amide bonds. The molecule has 0 aliphatic carbocycles. The van der Waals surface area contributed by atoms with Crippen LogP contribution in [0.3, 0.4) is 0 Å². The molecule has 0 bridgehead atoms. The monoisotopic (exact) mass is 198 g/mol. The van der Waals surface area contributed by atoms with Crippen molar-refractivity contribution in [2.45, 2.75) is 0 Å². The standard InChI is InChI=1S/Cl2H2Si.Cl2Si/c2*1-3-2/h3H2;. The van der Waals surface area contributed by atoms with E-state index in [0.29, 0.717) is 0 Å². The van der Waals surface area contributed by atoms with E-state index in [1.54, 1.807) is 0 Å². The molecule has 0 rings (SSSR count). The lowest BCUT2D eigenvalue weighted by Gasteiger charge is -1.39. The van der Waals surface area contributed by atoms with Gasteiger partial charge in [0.2, 0.25) is 8.14 Å². The van der Waals surface area contributed by atoms with Gasteiger partial charge in [-0.15, -0.1) is 22.2 Å². The van der Waals surface area contributed by atoms with Crippen molar-refractivity contribution in [3.63, 3.8) is 0 Å². The molecular weight excluding hydrogens is 198 g/mol. The third-order valence-electron chi connectivity index (χ3n) is 0. The van der Waals surface area contributed by atoms with Crippen LogP contribution in [0.2, 0.25) is 0 Å². The van der Waals surface area contributed by atoms with Crippen LogP contribution >= 0.6 is 44.3 Å². The van der Waals surface area contributed by atoms with Crippen molar-refractivity contribution in [1.82, 2.24) is 0 Å². The highest BCUT2D eigenvalue weighted by Crippen LogP contribution is 1.67. The molecule has 0 atom stereocenters. The summed E-state index contributed by atoms with van der Waals surface area (Å²) in [6, 6.07) is 0. The zero-order valence-electron chi connectivity index (χ0n) is 2.72. The summed E-state index contributed by atoms with van der Waals surface area (Å²) in [4.78, 5) is 0. The molecule has 6 heteroatoms. The number of halogens is 4. The zero-order chi connectivity index (χ0) is 5.41. The van der Waals surface area contributed by atoms with E-state index in [-0.39, 0.29) is 8.14 Å². The van der Waals surface area contributed by atoms with E-state index >= 15 is 0 Å². The largest absolute Gasteiger partial charge is 0.295 e. The Hall–Kier alpha value is 1.59. The SMILES string of the molecule is Cl[SiH2]Cl.Cl[Si]Cl. The predicted octanol–water partition coefficient (Wildman–Crippen LogP) is 1.46. The lowest BCUT2D eigenvalue weighted by atomic mass is 27.8. The van der Waals surface area contributed by atoms with E-state index in [9.17, 15) is 0 Å². The fraction of sp³-hybridized carbons (Fsp3) is 0.